The third-order valence-electron chi connectivity index (χ3n) is 5.39. The standard InChI is InChI=1S/C19H23NO5/c1-24-18(22)14-7-15(19(23)25-2)9-16(8-14)20-17(21)10-13-6-11-3-4-12(13)5-11/h7-9,11-13H,3-6,10H2,1-2H3,(H,20,21)/t11-,12+,13+/m0/s1. The summed E-state index contributed by atoms with van der Waals surface area (Å²) in [5, 5.41) is 2.81. The summed E-state index contributed by atoms with van der Waals surface area (Å²) in [6.45, 7) is 0. The number of hydrogen-bond acceptors (Lipinski definition) is 5. The van der Waals surface area contributed by atoms with Crippen LogP contribution in [0.25, 0.3) is 0 Å². The molecule has 2 aliphatic rings. The zero-order valence-corrected chi connectivity index (χ0v) is 14.5. The maximum atomic E-state index is 12.4. The van der Waals surface area contributed by atoms with Crippen LogP contribution in [0, 0.1) is 17.8 Å². The van der Waals surface area contributed by atoms with E-state index in [1.165, 1.54) is 51.7 Å². The SMILES string of the molecule is COC(=O)c1cc(NC(=O)C[C@H]2C[C@H]3CC[C@@H]2C3)cc(C(=O)OC)c1. The van der Waals surface area contributed by atoms with Gasteiger partial charge >= 0.3 is 11.9 Å². The Kier molecular flexibility index (Phi) is 5.06. The number of rotatable bonds is 5. The lowest BCUT2D eigenvalue weighted by Crippen LogP contribution is -2.20. The molecule has 1 N–H and O–H groups in total. The fourth-order valence-corrected chi connectivity index (χ4v) is 4.25. The first-order valence-corrected chi connectivity index (χ1v) is 8.61. The number of methoxy groups -OCH3 is 2. The van der Waals surface area contributed by atoms with Crippen LogP contribution in [0.5, 0.6) is 0 Å². The van der Waals surface area contributed by atoms with Crippen LogP contribution in [0.3, 0.4) is 0 Å². The van der Waals surface area contributed by atoms with Crippen LogP contribution < -0.4 is 5.32 Å². The maximum Gasteiger partial charge on any atom is 0.337 e. The highest BCUT2D eigenvalue weighted by atomic mass is 16.5. The van der Waals surface area contributed by atoms with E-state index in [1.807, 2.05) is 0 Å². The van der Waals surface area contributed by atoms with Gasteiger partial charge in [-0.2, -0.15) is 0 Å². The minimum absolute atomic E-state index is 0.0876. The highest BCUT2D eigenvalue weighted by Gasteiger charge is 2.40. The molecule has 0 aliphatic heterocycles. The van der Waals surface area contributed by atoms with Gasteiger partial charge in [-0.1, -0.05) is 6.42 Å². The molecule has 0 spiro atoms. The number of nitrogens with one attached hydrogen (secondary N) is 1. The molecule has 0 radical (unpaired) electrons. The number of carbonyl (C=O) groups is 3. The van der Waals surface area contributed by atoms with E-state index < -0.39 is 11.9 Å². The average molecular weight is 345 g/mol. The molecule has 134 valence electrons. The molecule has 2 bridgehead atoms. The second-order valence-corrected chi connectivity index (χ2v) is 6.97. The number of benzene rings is 1. The van der Waals surface area contributed by atoms with Crippen LogP contribution >= 0.6 is 0 Å². The molecule has 3 rings (SSSR count). The van der Waals surface area contributed by atoms with Crippen LogP contribution in [-0.4, -0.2) is 32.1 Å². The zero-order chi connectivity index (χ0) is 18.0. The predicted molar refractivity (Wildman–Crippen MR) is 91.3 cm³/mol. The zero-order valence-electron chi connectivity index (χ0n) is 14.5. The van der Waals surface area contributed by atoms with Crippen molar-refractivity contribution in [2.75, 3.05) is 19.5 Å². The number of ether oxygens (including phenoxy) is 2. The molecule has 2 fully saturated rings. The van der Waals surface area contributed by atoms with Gasteiger partial charge in [0.1, 0.15) is 0 Å². The molecule has 2 saturated carbocycles. The Hall–Kier alpha value is -2.37. The Morgan fingerprint density at radius 1 is 1.00 bits per heavy atom. The van der Waals surface area contributed by atoms with Gasteiger partial charge in [0.05, 0.1) is 25.3 Å². The molecule has 0 heterocycles. The van der Waals surface area contributed by atoms with E-state index >= 15 is 0 Å². The molecule has 0 saturated heterocycles. The van der Waals surface area contributed by atoms with Gasteiger partial charge in [0.15, 0.2) is 0 Å². The Morgan fingerprint density at radius 2 is 1.64 bits per heavy atom. The van der Waals surface area contributed by atoms with E-state index in [9.17, 15) is 14.4 Å². The molecular formula is C19H23NO5. The maximum absolute atomic E-state index is 12.4. The number of fused-ring (bicyclic) bond motifs is 2. The van der Waals surface area contributed by atoms with Crippen molar-refractivity contribution >= 4 is 23.5 Å². The van der Waals surface area contributed by atoms with Crippen molar-refractivity contribution in [2.24, 2.45) is 17.8 Å². The normalized spacial score (nSPS) is 24.0. The van der Waals surface area contributed by atoms with Crippen molar-refractivity contribution in [1.82, 2.24) is 0 Å². The van der Waals surface area contributed by atoms with E-state index in [2.05, 4.69) is 5.32 Å². The van der Waals surface area contributed by atoms with Crippen molar-refractivity contribution in [3.63, 3.8) is 0 Å². The third-order valence-corrected chi connectivity index (χ3v) is 5.39. The largest absolute Gasteiger partial charge is 0.465 e. The van der Waals surface area contributed by atoms with Gasteiger partial charge in [0.2, 0.25) is 5.91 Å². The molecule has 1 aromatic rings. The molecule has 0 unspecified atom stereocenters. The Labute approximate surface area is 146 Å². The van der Waals surface area contributed by atoms with Crippen molar-refractivity contribution in [3.8, 4) is 0 Å². The van der Waals surface area contributed by atoms with Crippen molar-refractivity contribution in [2.45, 2.75) is 32.1 Å². The van der Waals surface area contributed by atoms with Crippen molar-refractivity contribution in [3.05, 3.63) is 29.3 Å². The molecule has 6 nitrogen and oxygen atoms in total. The number of esters is 2. The molecule has 25 heavy (non-hydrogen) atoms. The van der Waals surface area contributed by atoms with Crippen LogP contribution in [0.1, 0.15) is 52.8 Å². The summed E-state index contributed by atoms with van der Waals surface area (Å²) in [5.74, 6) is 0.667. The summed E-state index contributed by atoms with van der Waals surface area (Å²) in [6.07, 6.45) is 5.40. The van der Waals surface area contributed by atoms with E-state index in [-0.39, 0.29) is 17.0 Å². The highest BCUT2D eigenvalue weighted by molar-refractivity contribution is 5.99. The Morgan fingerprint density at radius 3 is 2.12 bits per heavy atom. The minimum atomic E-state index is -0.575. The Bertz CT molecular complexity index is 665. The quantitative estimate of drug-likeness (QED) is 0.830. The van der Waals surface area contributed by atoms with Gasteiger partial charge in [-0.05, 0) is 55.2 Å². The predicted octanol–water partition coefficient (Wildman–Crippen LogP) is 3.02. The third kappa shape index (κ3) is 3.83. The molecule has 2 aliphatic carbocycles. The van der Waals surface area contributed by atoms with Gasteiger partial charge in [0, 0.05) is 12.1 Å². The number of anilines is 1. The molecular weight excluding hydrogens is 322 g/mol. The minimum Gasteiger partial charge on any atom is -0.465 e. The lowest BCUT2D eigenvalue weighted by molar-refractivity contribution is -0.117. The second-order valence-electron chi connectivity index (χ2n) is 6.97. The topological polar surface area (TPSA) is 81.7 Å². The van der Waals surface area contributed by atoms with Gasteiger partial charge in [0.25, 0.3) is 0 Å². The first kappa shape index (κ1) is 17.5. The molecule has 0 aromatic heterocycles. The average Bonchev–Trinajstić information content (AvgIpc) is 3.22. The summed E-state index contributed by atoms with van der Waals surface area (Å²) in [6, 6.07) is 4.41. The van der Waals surface area contributed by atoms with E-state index in [1.54, 1.807) is 0 Å². The summed E-state index contributed by atoms with van der Waals surface area (Å²) in [4.78, 5) is 36.0. The first-order chi connectivity index (χ1) is 12.0. The molecule has 6 heteroatoms. The number of amides is 1. The summed E-state index contributed by atoms with van der Waals surface area (Å²) in [7, 11) is 2.53. The van der Waals surface area contributed by atoms with Gasteiger partial charge in [-0.15, -0.1) is 0 Å². The van der Waals surface area contributed by atoms with Gasteiger partial charge in [-0.25, -0.2) is 9.59 Å². The van der Waals surface area contributed by atoms with Crippen LogP contribution in [0.4, 0.5) is 5.69 Å². The van der Waals surface area contributed by atoms with Crippen LogP contribution in [-0.2, 0) is 14.3 Å². The van der Waals surface area contributed by atoms with Gasteiger partial charge in [-0.3, -0.25) is 4.79 Å². The summed E-state index contributed by atoms with van der Waals surface area (Å²) < 4.78 is 9.40. The fraction of sp³-hybridized carbons (Fsp3) is 0.526. The Balaban J connectivity index is 1.72. The lowest BCUT2D eigenvalue weighted by atomic mass is 9.86. The molecule has 3 atom stereocenters. The summed E-state index contributed by atoms with van der Waals surface area (Å²) >= 11 is 0. The fourth-order valence-electron chi connectivity index (χ4n) is 4.25. The van der Waals surface area contributed by atoms with Crippen molar-refractivity contribution < 1.29 is 23.9 Å². The smallest absolute Gasteiger partial charge is 0.337 e. The monoisotopic (exact) mass is 345 g/mol. The molecule has 1 amide bonds. The lowest BCUT2D eigenvalue weighted by Gasteiger charge is -2.21. The number of hydrogen-bond donors (Lipinski definition) is 1. The van der Waals surface area contributed by atoms with Gasteiger partial charge < -0.3 is 14.8 Å². The van der Waals surface area contributed by atoms with Crippen LogP contribution in [0.15, 0.2) is 18.2 Å². The van der Waals surface area contributed by atoms with E-state index in [0.717, 1.165) is 12.3 Å². The van der Waals surface area contributed by atoms with Crippen molar-refractivity contribution in [1.29, 1.82) is 0 Å². The van der Waals surface area contributed by atoms with Crippen LogP contribution in [0.2, 0.25) is 0 Å². The second kappa shape index (κ2) is 7.25. The molecule has 1 aromatic carbocycles. The van der Waals surface area contributed by atoms with E-state index in [4.69, 9.17) is 9.47 Å². The summed E-state index contributed by atoms with van der Waals surface area (Å²) in [5.41, 5.74) is 0.790. The first-order valence-electron chi connectivity index (χ1n) is 8.61. The van der Waals surface area contributed by atoms with E-state index in [0.29, 0.717) is 23.9 Å². The highest BCUT2D eigenvalue weighted by Crippen LogP contribution is 2.49. The number of carbonyl (C=O) groups excluding carboxylic acids is 3.